The van der Waals surface area contributed by atoms with Gasteiger partial charge >= 0.3 is 0 Å². The molecular weight excluding hydrogens is 182 g/mol. The zero-order valence-corrected chi connectivity index (χ0v) is 8.39. The summed E-state index contributed by atoms with van der Waals surface area (Å²) >= 11 is 6.09. The van der Waals surface area contributed by atoms with E-state index < -0.39 is 0 Å². The van der Waals surface area contributed by atoms with Gasteiger partial charge in [0, 0.05) is 11.6 Å². The van der Waals surface area contributed by atoms with E-state index in [0.717, 1.165) is 15.9 Å². The second-order valence-electron chi connectivity index (χ2n) is 3.22. The first-order valence-electron chi connectivity index (χ1n) is 4.20. The highest BCUT2D eigenvalue weighted by Gasteiger charge is 2.04. The third-order valence-electron chi connectivity index (χ3n) is 2.25. The topological polar surface area (TPSA) is 12.9 Å². The number of hydrogen-bond donors (Lipinski definition) is 0. The lowest BCUT2D eigenvalue weighted by molar-refractivity contribution is 1.35. The molecule has 2 rings (SSSR count). The van der Waals surface area contributed by atoms with Crippen molar-refractivity contribution in [2.24, 2.45) is 0 Å². The maximum absolute atomic E-state index is 6.09. The number of hydrogen-bond acceptors (Lipinski definition) is 1. The van der Waals surface area contributed by atoms with Crippen LogP contribution in [0.25, 0.3) is 10.9 Å². The van der Waals surface area contributed by atoms with E-state index in [0.29, 0.717) is 0 Å². The summed E-state index contributed by atoms with van der Waals surface area (Å²) in [6, 6.07) is 5.97. The van der Waals surface area contributed by atoms with E-state index >= 15 is 0 Å². The SMILES string of the molecule is Cc1ccc(C)c2c(Cl)ccnc12. The fourth-order valence-electron chi connectivity index (χ4n) is 1.52. The molecule has 0 fully saturated rings. The molecule has 0 aliphatic carbocycles. The Kier molecular flexibility index (Phi) is 1.97. The Morgan fingerprint density at radius 3 is 2.46 bits per heavy atom. The summed E-state index contributed by atoms with van der Waals surface area (Å²) in [5.74, 6) is 0. The van der Waals surface area contributed by atoms with Gasteiger partial charge in [-0.15, -0.1) is 0 Å². The van der Waals surface area contributed by atoms with Gasteiger partial charge in [-0.25, -0.2) is 0 Å². The van der Waals surface area contributed by atoms with Crippen LogP contribution in [0.5, 0.6) is 0 Å². The van der Waals surface area contributed by atoms with Crippen LogP contribution >= 0.6 is 11.6 Å². The molecule has 2 aromatic rings. The van der Waals surface area contributed by atoms with Gasteiger partial charge in [0.1, 0.15) is 0 Å². The number of aromatic nitrogens is 1. The molecule has 0 N–H and O–H groups in total. The largest absolute Gasteiger partial charge is 0.256 e. The number of fused-ring (bicyclic) bond motifs is 1. The highest BCUT2D eigenvalue weighted by Crippen LogP contribution is 2.26. The lowest BCUT2D eigenvalue weighted by atomic mass is 10.1. The van der Waals surface area contributed by atoms with E-state index in [1.165, 1.54) is 11.1 Å². The third kappa shape index (κ3) is 1.29. The number of rotatable bonds is 0. The van der Waals surface area contributed by atoms with Gasteiger partial charge in [0.15, 0.2) is 0 Å². The average Bonchev–Trinajstić information content (AvgIpc) is 2.12. The van der Waals surface area contributed by atoms with E-state index in [1.54, 1.807) is 6.20 Å². The van der Waals surface area contributed by atoms with Crippen LogP contribution in [-0.2, 0) is 0 Å². The van der Waals surface area contributed by atoms with Gasteiger partial charge in [0.2, 0.25) is 0 Å². The molecule has 0 saturated carbocycles. The van der Waals surface area contributed by atoms with E-state index in [4.69, 9.17) is 11.6 Å². The van der Waals surface area contributed by atoms with E-state index in [2.05, 4.69) is 24.0 Å². The van der Waals surface area contributed by atoms with Crippen molar-refractivity contribution in [2.75, 3.05) is 0 Å². The normalized spacial score (nSPS) is 10.7. The summed E-state index contributed by atoms with van der Waals surface area (Å²) in [5.41, 5.74) is 3.36. The highest BCUT2D eigenvalue weighted by molar-refractivity contribution is 6.35. The molecule has 0 saturated heterocycles. The fraction of sp³-hybridized carbons (Fsp3) is 0.182. The molecule has 0 radical (unpaired) electrons. The summed E-state index contributed by atoms with van der Waals surface area (Å²) in [4.78, 5) is 4.32. The van der Waals surface area contributed by atoms with Crippen molar-refractivity contribution in [2.45, 2.75) is 13.8 Å². The van der Waals surface area contributed by atoms with Gasteiger partial charge in [0.05, 0.1) is 10.5 Å². The predicted molar refractivity (Wildman–Crippen MR) is 56.2 cm³/mol. The molecule has 1 aromatic heterocycles. The molecule has 0 atom stereocenters. The van der Waals surface area contributed by atoms with Crippen molar-refractivity contribution in [1.29, 1.82) is 0 Å². The van der Waals surface area contributed by atoms with E-state index in [9.17, 15) is 0 Å². The van der Waals surface area contributed by atoms with Crippen molar-refractivity contribution in [3.05, 3.63) is 40.5 Å². The Morgan fingerprint density at radius 1 is 1.08 bits per heavy atom. The Labute approximate surface area is 82.4 Å². The highest BCUT2D eigenvalue weighted by atomic mass is 35.5. The Morgan fingerprint density at radius 2 is 1.77 bits per heavy atom. The summed E-state index contributed by atoms with van der Waals surface area (Å²) in [7, 11) is 0. The van der Waals surface area contributed by atoms with Crippen molar-refractivity contribution < 1.29 is 0 Å². The van der Waals surface area contributed by atoms with Gasteiger partial charge in [-0.2, -0.15) is 0 Å². The first-order chi connectivity index (χ1) is 6.20. The minimum Gasteiger partial charge on any atom is -0.256 e. The molecule has 2 heteroatoms. The quantitative estimate of drug-likeness (QED) is 0.621. The first-order valence-corrected chi connectivity index (χ1v) is 4.58. The number of aryl methyl sites for hydroxylation is 2. The Balaban J connectivity index is 3.00. The summed E-state index contributed by atoms with van der Waals surface area (Å²) in [6.45, 7) is 4.10. The molecule has 0 aliphatic rings. The molecule has 66 valence electrons. The standard InChI is InChI=1S/C11H10ClN/c1-7-3-4-8(2)11-10(7)9(12)5-6-13-11/h3-6H,1-2H3. The molecule has 1 heterocycles. The lowest BCUT2D eigenvalue weighted by Crippen LogP contribution is -1.86. The van der Waals surface area contributed by atoms with Crippen LogP contribution < -0.4 is 0 Å². The first kappa shape index (κ1) is 8.52. The summed E-state index contributed by atoms with van der Waals surface area (Å²) < 4.78 is 0. The minimum absolute atomic E-state index is 0.784. The zero-order valence-electron chi connectivity index (χ0n) is 7.63. The second-order valence-corrected chi connectivity index (χ2v) is 3.62. The molecular formula is C11H10ClN. The van der Waals surface area contributed by atoms with Crippen LogP contribution in [0.15, 0.2) is 24.4 Å². The van der Waals surface area contributed by atoms with Crippen molar-refractivity contribution in [3.63, 3.8) is 0 Å². The third-order valence-corrected chi connectivity index (χ3v) is 2.57. The zero-order chi connectivity index (χ0) is 9.42. The maximum atomic E-state index is 6.09. The smallest absolute Gasteiger partial charge is 0.0748 e. The molecule has 1 aromatic carbocycles. The van der Waals surface area contributed by atoms with Gasteiger partial charge in [-0.1, -0.05) is 23.7 Å². The van der Waals surface area contributed by atoms with Crippen LogP contribution in [-0.4, -0.2) is 4.98 Å². The molecule has 1 nitrogen and oxygen atoms in total. The second kappa shape index (κ2) is 3.00. The number of nitrogens with zero attached hydrogens (tertiary/aromatic N) is 1. The fourth-order valence-corrected chi connectivity index (χ4v) is 1.82. The van der Waals surface area contributed by atoms with Gasteiger partial charge in [0.25, 0.3) is 0 Å². The average molecular weight is 192 g/mol. The number of halogens is 1. The lowest BCUT2D eigenvalue weighted by Gasteiger charge is -2.05. The van der Waals surface area contributed by atoms with Gasteiger partial charge in [-0.05, 0) is 31.0 Å². The van der Waals surface area contributed by atoms with E-state index in [-0.39, 0.29) is 0 Å². The maximum Gasteiger partial charge on any atom is 0.0748 e. The van der Waals surface area contributed by atoms with Crippen LogP contribution in [0.1, 0.15) is 11.1 Å². The van der Waals surface area contributed by atoms with E-state index in [1.807, 2.05) is 13.0 Å². The molecule has 0 unspecified atom stereocenters. The summed E-state index contributed by atoms with van der Waals surface area (Å²) in [6.07, 6.45) is 1.75. The van der Waals surface area contributed by atoms with Crippen molar-refractivity contribution >= 4 is 22.5 Å². The number of pyridine rings is 1. The predicted octanol–water partition coefficient (Wildman–Crippen LogP) is 3.51. The summed E-state index contributed by atoms with van der Waals surface area (Å²) in [5, 5.41) is 1.86. The molecule has 0 aliphatic heterocycles. The van der Waals surface area contributed by atoms with Crippen LogP contribution in [0.4, 0.5) is 0 Å². The van der Waals surface area contributed by atoms with Crippen molar-refractivity contribution in [1.82, 2.24) is 4.98 Å². The Hall–Kier alpha value is -1.08. The van der Waals surface area contributed by atoms with Crippen LogP contribution in [0.3, 0.4) is 0 Å². The molecule has 0 bridgehead atoms. The Bertz CT molecular complexity index is 455. The number of benzene rings is 1. The molecule has 0 spiro atoms. The monoisotopic (exact) mass is 191 g/mol. The molecule has 0 amide bonds. The van der Waals surface area contributed by atoms with Crippen LogP contribution in [0, 0.1) is 13.8 Å². The van der Waals surface area contributed by atoms with Gasteiger partial charge < -0.3 is 0 Å². The minimum atomic E-state index is 0.784. The van der Waals surface area contributed by atoms with Crippen molar-refractivity contribution in [3.8, 4) is 0 Å². The van der Waals surface area contributed by atoms with Gasteiger partial charge in [-0.3, -0.25) is 4.98 Å². The van der Waals surface area contributed by atoms with Crippen LogP contribution in [0.2, 0.25) is 5.02 Å². The molecule has 13 heavy (non-hydrogen) atoms.